The standard InChI is InChI=1S/C20H14O6S4/c21-29(22,23)15-5-1-13(2-6-15)17-9-11-19(27-17)20-12-10-18(28-20)14-3-7-16(8-4-14)30(24,25)26/h1-12H,(H,21,22,23)(H,24,25,26). The summed E-state index contributed by atoms with van der Waals surface area (Å²) in [6.45, 7) is 0. The Hall–Kier alpha value is -2.34. The van der Waals surface area contributed by atoms with Crippen LogP contribution in [0.1, 0.15) is 0 Å². The lowest BCUT2D eigenvalue weighted by Crippen LogP contribution is -1.96. The number of rotatable bonds is 5. The molecule has 2 aromatic heterocycles. The highest BCUT2D eigenvalue weighted by atomic mass is 32.2. The average molecular weight is 479 g/mol. The molecule has 0 fully saturated rings. The SMILES string of the molecule is O=S(=O)(O)c1ccc(-c2ccc(-c3ccc(-c4ccc(S(=O)(=O)O)cc4)s3)s2)cc1. The van der Waals surface area contributed by atoms with Crippen molar-refractivity contribution >= 4 is 42.9 Å². The molecule has 0 bridgehead atoms. The summed E-state index contributed by atoms with van der Waals surface area (Å²) in [5.74, 6) is 0. The smallest absolute Gasteiger partial charge is 0.282 e. The molecule has 2 heterocycles. The number of benzene rings is 2. The van der Waals surface area contributed by atoms with Crippen LogP contribution in [0.3, 0.4) is 0 Å². The molecule has 4 aromatic rings. The Morgan fingerprint density at radius 1 is 0.467 bits per heavy atom. The molecule has 0 aliphatic carbocycles. The first-order chi connectivity index (χ1) is 14.1. The van der Waals surface area contributed by atoms with Gasteiger partial charge in [-0.3, -0.25) is 9.11 Å². The van der Waals surface area contributed by atoms with Gasteiger partial charge in [-0.15, -0.1) is 22.7 Å². The maximum Gasteiger partial charge on any atom is 0.294 e. The molecule has 2 N–H and O–H groups in total. The van der Waals surface area contributed by atoms with E-state index >= 15 is 0 Å². The molecule has 0 spiro atoms. The third-order valence-electron chi connectivity index (χ3n) is 4.33. The van der Waals surface area contributed by atoms with Gasteiger partial charge in [0.05, 0.1) is 9.79 Å². The van der Waals surface area contributed by atoms with Crippen molar-refractivity contribution in [2.24, 2.45) is 0 Å². The van der Waals surface area contributed by atoms with E-state index in [1.165, 1.54) is 24.3 Å². The van der Waals surface area contributed by atoms with Crippen molar-refractivity contribution in [3.8, 4) is 30.6 Å². The second kappa shape index (κ2) is 7.73. The quantitative estimate of drug-likeness (QED) is 0.377. The van der Waals surface area contributed by atoms with E-state index in [2.05, 4.69) is 0 Å². The zero-order chi connectivity index (χ0) is 21.5. The van der Waals surface area contributed by atoms with Gasteiger partial charge in [0.25, 0.3) is 20.2 Å². The molecule has 0 amide bonds. The van der Waals surface area contributed by atoms with Gasteiger partial charge in [0.15, 0.2) is 0 Å². The van der Waals surface area contributed by atoms with E-state index in [0.29, 0.717) is 0 Å². The van der Waals surface area contributed by atoms with Gasteiger partial charge in [0.2, 0.25) is 0 Å². The highest BCUT2D eigenvalue weighted by Gasteiger charge is 2.13. The molecule has 0 saturated carbocycles. The first-order valence-electron chi connectivity index (χ1n) is 8.47. The molecule has 2 aromatic carbocycles. The van der Waals surface area contributed by atoms with Crippen molar-refractivity contribution in [1.82, 2.24) is 0 Å². The van der Waals surface area contributed by atoms with Gasteiger partial charge >= 0.3 is 0 Å². The fourth-order valence-corrected chi connectivity index (χ4v) is 5.91. The predicted molar refractivity (Wildman–Crippen MR) is 118 cm³/mol. The Bertz CT molecular complexity index is 1300. The van der Waals surface area contributed by atoms with Crippen LogP contribution >= 0.6 is 22.7 Å². The lowest BCUT2D eigenvalue weighted by Gasteiger charge is -2.00. The first-order valence-corrected chi connectivity index (χ1v) is 13.0. The largest absolute Gasteiger partial charge is 0.294 e. The fourth-order valence-electron chi connectivity index (χ4n) is 2.83. The van der Waals surface area contributed by atoms with E-state index in [4.69, 9.17) is 9.11 Å². The van der Waals surface area contributed by atoms with Crippen LogP contribution in [0.15, 0.2) is 82.6 Å². The van der Waals surface area contributed by atoms with Gasteiger partial charge in [0.1, 0.15) is 0 Å². The van der Waals surface area contributed by atoms with Crippen molar-refractivity contribution in [3.63, 3.8) is 0 Å². The summed E-state index contributed by atoms with van der Waals surface area (Å²) in [5.41, 5.74) is 1.69. The average Bonchev–Trinajstić information content (AvgIpc) is 3.36. The summed E-state index contributed by atoms with van der Waals surface area (Å²) >= 11 is 3.11. The normalized spacial score (nSPS) is 12.2. The molecule has 0 aliphatic rings. The monoisotopic (exact) mass is 478 g/mol. The van der Waals surface area contributed by atoms with Gasteiger partial charge < -0.3 is 0 Å². The molecule has 30 heavy (non-hydrogen) atoms. The Kier molecular flexibility index (Phi) is 5.39. The van der Waals surface area contributed by atoms with Gasteiger partial charge in [0, 0.05) is 19.5 Å². The molecule has 10 heteroatoms. The van der Waals surface area contributed by atoms with E-state index in [-0.39, 0.29) is 9.79 Å². The second-order valence-electron chi connectivity index (χ2n) is 6.33. The molecule has 0 atom stereocenters. The van der Waals surface area contributed by atoms with Crippen molar-refractivity contribution in [2.45, 2.75) is 9.79 Å². The highest BCUT2D eigenvalue weighted by molar-refractivity contribution is 7.86. The molecular weight excluding hydrogens is 464 g/mol. The molecule has 0 aliphatic heterocycles. The molecule has 4 rings (SSSR count). The Balaban J connectivity index is 1.58. The van der Waals surface area contributed by atoms with E-state index in [1.54, 1.807) is 46.9 Å². The highest BCUT2D eigenvalue weighted by Crippen LogP contribution is 2.40. The van der Waals surface area contributed by atoms with Gasteiger partial charge in [-0.05, 0) is 59.7 Å². The lowest BCUT2D eigenvalue weighted by molar-refractivity contribution is 0.481. The van der Waals surface area contributed by atoms with Crippen LogP contribution in [0.4, 0.5) is 0 Å². The van der Waals surface area contributed by atoms with Gasteiger partial charge in [-0.25, -0.2) is 0 Å². The van der Waals surface area contributed by atoms with E-state index < -0.39 is 20.2 Å². The topological polar surface area (TPSA) is 109 Å². The third-order valence-corrected chi connectivity index (χ3v) is 8.53. The molecule has 154 valence electrons. The Labute approximate surface area is 181 Å². The van der Waals surface area contributed by atoms with Crippen LogP contribution in [-0.2, 0) is 20.2 Å². The van der Waals surface area contributed by atoms with Crippen LogP contribution in [-0.4, -0.2) is 25.9 Å². The second-order valence-corrected chi connectivity index (χ2v) is 11.3. The minimum Gasteiger partial charge on any atom is -0.282 e. The summed E-state index contributed by atoms with van der Waals surface area (Å²) in [6.07, 6.45) is 0. The van der Waals surface area contributed by atoms with Gasteiger partial charge in [-0.2, -0.15) is 16.8 Å². The van der Waals surface area contributed by atoms with Crippen LogP contribution < -0.4 is 0 Å². The van der Waals surface area contributed by atoms with Crippen LogP contribution in [0, 0.1) is 0 Å². The maximum atomic E-state index is 11.2. The van der Waals surface area contributed by atoms with Crippen molar-refractivity contribution in [1.29, 1.82) is 0 Å². The summed E-state index contributed by atoms with van der Waals surface area (Å²) in [6, 6.07) is 19.9. The maximum absolute atomic E-state index is 11.2. The summed E-state index contributed by atoms with van der Waals surface area (Å²) in [4.78, 5) is 3.69. The molecule has 6 nitrogen and oxygen atoms in total. The van der Waals surface area contributed by atoms with Crippen LogP contribution in [0.25, 0.3) is 30.6 Å². The van der Waals surface area contributed by atoms with Gasteiger partial charge in [-0.1, -0.05) is 24.3 Å². The predicted octanol–water partition coefficient (Wildman–Crippen LogP) is 5.30. The van der Waals surface area contributed by atoms with Crippen LogP contribution in [0.5, 0.6) is 0 Å². The van der Waals surface area contributed by atoms with Crippen molar-refractivity contribution in [2.75, 3.05) is 0 Å². The Morgan fingerprint density at radius 2 is 0.767 bits per heavy atom. The summed E-state index contributed by atoms with van der Waals surface area (Å²) in [7, 11) is -8.43. The molecular formula is C20H14O6S4. The Morgan fingerprint density at radius 3 is 1.07 bits per heavy atom. The zero-order valence-corrected chi connectivity index (χ0v) is 18.4. The number of hydrogen-bond donors (Lipinski definition) is 2. The van der Waals surface area contributed by atoms with Crippen LogP contribution in [0.2, 0.25) is 0 Å². The fraction of sp³-hybridized carbons (Fsp3) is 0. The summed E-state index contributed by atoms with van der Waals surface area (Å²) in [5, 5.41) is 0. The number of hydrogen-bond acceptors (Lipinski definition) is 6. The van der Waals surface area contributed by atoms with E-state index in [9.17, 15) is 16.8 Å². The summed E-state index contributed by atoms with van der Waals surface area (Å²) < 4.78 is 62.9. The van der Waals surface area contributed by atoms with Crippen molar-refractivity contribution < 1.29 is 25.9 Å². The van der Waals surface area contributed by atoms with Crippen molar-refractivity contribution in [3.05, 3.63) is 72.8 Å². The molecule has 0 saturated heterocycles. The molecule has 0 unspecified atom stereocenters. The number of thiophene rings is 2. The lowest BCUT2D eigenvalue weighted by atomic mass is 10.2. The minimum absolute atomic E-state index is 0.147. The first kappa shape index (κ1) is 20.9. The zero-order valence-electron chi connectivity index (χ0n) is 15.1. The minimum atomic E-state index is -4.22. The molecule has 0 radical (unpaired) electrons. The third kappa shape index (κ3) is 4.38. The van der Waals surface area contributed by atoms with E-state index in [1.807, 2.05) is 24.3 Å². The van der Waals surface area contributed by atoms with E-state index in [0.717, 1.165) is 30.6 Å².